The molecule has 1 fully saturated rings. The Bertz CT molecular complexity index is 3410. The average Bonchev–Trinajstić information content (AvgIpc) is 4.39. The van der Waals surface area contributed by atoms with E-state index in [2.05, 4.69) is 60.0 Å². The Morgan fingerprint density at radius 1 is 0.831 bits per heavy atom. The van der Waals surface area contributed by atoms with Crippen LogP contribution in [0.15, 0.2) is 133 Å². The number of hydrogen-bond donors (Lipinski definition) is 5. The third kappa shape index (κ3) is 16.3. The number of aliphatic hydroxyl groups excluding tert-OH is 1. The van der Waals surface area contributed by atoms with Crippen LogP contribution in [-0.4, -0.2) is 148 Å². The van der Waals surface area contributed by atoms with Crippen LogP contribution in [0.25, 0.3) is 16.7 Å². The summed E-state index contributed by atoms with van der Waals surface area (Å²) in [6.45, 7) is 9.30. The number of amides is 6. The van der Waals surface area contributed by atoms with Crippen LogP contribution in [0.3, 0.4) is 0 Å². The number of rotatable bonds is 21. The van der Waals surface area contributed by atoms with Gasteiger partial charge in [-0.2, -0.15) is 0 Å². The summed E-state index contributed by atoms with van der Waals surface area (Å²) in [5.41, 5.74) is 5.07. The topological polar surface area (TPSA) is 263 Å². The number of ether oxygens (including phenoxy) is 1. The van der Waals surface area contributed by atoms with Gasteiger partial charge in [0.2, 0.25) is 5.91 Å². The summed E-state index contributed by atoms with van der Waals surface area (Å²) in [5.74, 6) is -2.46. The van der Waals surface area contributed by atoms with Gasteiger partial charge in [0, 0.05) is 68.5 Å². The zero-order chi connectivity index (χ0) is 59.0. The number of aromatic nitrogens is 7. The second-order valence-electron chi connectivity index (χ2n) is 20.6. The van der Waals surface area contributed by atoms with Crippen molar-refractivity contribution in [1.82, 2.24) is 65.6 Å². The first kappa shape index (κ1) is 60.4. The van der Waals surface area contributed by atoms with E-state index >= 15 is 0 Å². The van der Waals surface area contributed by atoms with Gasteiger partial charge >= 0.3 is 12.1 Å². The lowest BCUT2D eigenvalue weighted by atomic mass is 9.93. The number of thiazole rings is 2. The first-order valence-corrected chi connectivity index (χ1v) is 28.8. The average molecular weight is 1170 g/mol. The van der Waals surface area contributed by atoms with Crippen LogP contribution in [0.5, 0.6) is 0 Å². The van der Waals surface area contributed by atoms with Crippen molar-refractivity contribution in [2.75, 3.05) is 33.2 Å². The number of hydrogen-bond acceptors (Lipinski definition) is 15. The summed E-state index contributed by atoms with van der Waals surface area (Å²) >= 11 is 2.95. The minimum absolute atomic E-state index is 0.0354. The molecule has 6 heterocycles. The molecule has 0 radical (unpaired) electrons. The van der Waals surface area contributed by atoms with Crippen molar-refractivity contribution in [2.24, 2.45) is 5.92 Å². The maximum Gasteiger partial charge on any atom is 0.407 e. The predicted molar refractivity (Wildman–Crippen MR) is 311 cm³/mol. The summed E-state index contributed by atoms with van der Waals surface area (Å²) in [6.07, 6.45) is 6.08. The first-order chi connectivity index (χ1) is 40.0. The number of urea groups is 1. The van der Waals surface area contributed by atoms with E-state index in [-0.39, 0.29) is 72.2 Å². The molecule has 1 aliphatic heterocycles. The van der Waals surface area contributed by atoms with Crippen LogP contribution in [-0.2, 0) is 40.3 Å². The largest absolute Gasteiger partial charge is 0.444 e. The minimum Gasteiger partial charge on any atom is -0.444 e. The highest BCUT2D eigenvalue weighted by Gasteiger charge is 2.33. The molecule has 0 aliphatic carbocycles. The molecule has 0 bridgehead atoms. The number of alkyl carbamates (subject to hydrolysis) is 1. The fraction of sp³-hybridized carbons (Fsp3) is 0.339. The smallest absolute Gasteiger partial charge is 0.407 e. The number of nitrogens with one attached hydrogen (secondary N) is 4. The number of fused-ring (bicyclic) bond motifs is 1. The van der Waals surface area contributed by atoms with Crippen molar-refractivity contribution in [3.05, 3.63) is 177 Å². The highest BCUT2D eigenvalue weighted by Crippen LogP contribution is 2.27. The molecule has 1 saturated heterocycles. The molecule has 434 valence electrons. The lowest BCUT2D eigenvalue weighted by molar-refractivity contribution is -0.128. The number of ketones is 1. The number of H-pyrrole nitrogens is 1. The van der Waals surface area contributed by atoms with E-state index in [1.54, 1.807) is 59.3 Å². The van der Waals surface area contributed by atoms with Crippen molar-refractivity contribution in [2.45, 2.75) is 90.3 Å². The van der Waals surface area contributed by atoms with Gasteiger partial charge in [-0.25, -0.2) is 28.6 Å². The summed E-state index contributed by atoms with van der Waals surface area (Å²) in [7, 11) is 1.68. The molecule has 3 aromatic carbocycles. The zero-order valence-corrected chi connectivity index (χ0v) is 48.2. The molecular formula is C59H66FN13O8S2. The molecule has 5 aromatic heterocycles. The number of nitrogens with zero attached hydrogens (tertiary/aromatic N) is 9. The molecule has 21 nitrogen and oxygen atoms in total. The number of halogens is 1. The van der Waals surface area contributed by atoms with Crippen molar-refractivity contribution in [3.8, 4) is 5.82 Å². The third-order valence-electron chi connectivity index (χ3n) is 13.7. The van der Waals surface area contributed by atoms with Gasteiger partial charge in [0.25, 0.3) is 17.6 Å². The van der Waals surface area contributed by atoms with E-state index in [0.29, 0.717) is 44.0 Å². The number of aromatic amines is 1. The standard InChI is InChI=1S/C37H48N6O5S2.C22H18FN7O3/c1-24(2)33(42-36(46)43(5)20-29-22-49-35(40-29)25(3)4)34(45)39-28(16-26-12-8-6-9-13-26)18-32(44)31(17-27-14-10-7-11-15-27)41-37(47)48-21-30-19-38-23-50-30;23-16-13-25-20(30-7-6-26-27-30)18-17(16)15(12-24-18)19(31)22(33)29-10-8-28(9-11-29)21(32)14-4-2-1-3-5-14/h6-15,19,22-25,28,31-33,44H,16-18,20-21H2,1-5H3,(H,39,45)(H,41,47)(H,42,46);1-7,12-13,24H,8-11H2/t28-,31-,32-,33-;/m0./s1. The van der Waals surface area contributed by atoms with Crippen molar-refractivity contribution in [1.29, 1.82) is 0 Å². The Kier molecular flexibility index (Phi) is 20.9. The normalized spacial score (nSPS) is 13.8. The Hall–Kier alpha value is -8.74. The lowest BCUT2D eigenvalue weighted by Gasteiger charge is -2.34. The number of pyridine rings is 1. The number of Topliss-reactive ketones (excluding diaryl/α,β-unsaturated/α-hetero) is 1. The summed E-state index contributed by atoms with van der Waals surface area (Å²) in [6, 6.07) is 25.7. The first-order valence-electron chi connectivity index (χ1n) is 27.1. The molecule has 5 N–H and O–H groups in total. The van der Waals surface area contributed by atoms with E-state index in [9.17, 15) is 38.3 Å². The molecular weight excluding hydrogens is 1100 g/mol. The lowest BCUT2D eigenvalue weighted by Crippen LogP contribution is -2.55. The minimum atomic E-state index is -1.05. The van der Waals surface area contributed by atoms with Gasteiger partial charge in [-0.15, -0.1) is 27.8 Å². The van der Waals surface area contributed by atoms with E-state index in [1.165, 1.54) is 44.4 Å². The monoisotopic (exact) mass is 1170 g/mol. The van der Waals surface area contributed by atoms with Gasteiger partial charge < -0.3 is 45.5 Å². The quantitative estimate of drug-likeness (QED) is 0.0348. The molecule has 0 saturated carbocycles. The fourth-order valence-corrected chi connectivity index (χ4v) is 10.6. The number of aliphatic hydroxyl groups is 1. The van der Waals surface area contributed by atoms with E-state index in [1.807, 2.05) is 86.0 Å². The third-order valence-corrected chi connectivity index (χ3v) is 15.7. The van der Waals surface area contributed by atoms with Crippen LogP contribution in [0.2, 0.25) is 0 Å². The fourth-order valence-electron chi connectivity index (χ4n) is 9.29. The van der Waals surface area contributed by atoms with Gasteiger partial charge in [-0.05, 0) is 48.4 Å². The SMILES string of the molecule is CC(C)c1nc(CN(C)C(=O)N[C@H](C(=O)N[C@@H](Cc2ccccc2)C[C@H](O)[C@H](Cc2ccccc2)NC(=O)OCc2cncs2)C(C)C)cs1.O=C(C(=O)N1CCN(C(=O)c2ccccc2)CC1)c1c[nH]c2c(-n3ccnn3)ncc(F)c12. The maximum absolute atomic E-state index is 14.6. The van der Waals surface area contributed by atoms with E-state index < -0.39 is 47.8 Å². The highest BCUT2D eigenvalue weighted by atomic mass is 32.1. The molecule has 4 atom stereocenters. The Morgan fingerprint density at radius 2 is 1.49 bits per heavy atom. The van der Waals surface area contributed by atoms with Crippen LogP contribution >= 0.6 is 22.7 Å². The van der Waals surface area contributed by atoms with Gasteiger partial charge in [-0.1, -0.05) is 112 Å². The second-order valence-corrected chi connectivity index (χ2v) is 22.4. The van der Waals surface area contributed by atoms with Gasteiger partial charge in [-0.3, -0.25) is 24.2 Å². The predicted octanol–water partition coefficient (Wildman–Crippen LogP) is 7.36. The summed E-state index contributed by atoms with van der Waals surface area (Å²) in [4.78, 5) is 99.3. The van der Waals surface area contributed by atoms with Gasteiger partial charge in [0.1, 0.15) is 12.6 Å². The van der Waals surface area contributed by atoms with Crippen LogP contribution in [0, 0.1) is 11.7 Å². The Morgan fingerprint density at radius 3 is 2.11 bits per heavy atom. The molecule has 0 unspecified atom stereocenters. The molecule has 0 spiro atoms. The Labute approximate surface area is 487 Å². The maximum atomic E-state index is 14.6. The van der Waals surface area contributed by atoms with E-state index in [4.69, 9.17) is 4.74 Å². The van der Waals surface area contributed by atoms with Crippen LogP contribution < -0.4 is 16.0 Å². The molecule has 1 aliphatic rings. The molecule has 24 heteroatoms. The summed E-state index contributed by atoms with van der Waals surface area (Å²) < 4.78 is 21.4. The van der Waals surface area contributed by atoms with Crippen LogP contribution in [0.1, 0.15) is 87.5 Å². The van der Waals surface area contributed by atoms with Crippen molar-refractivity contribution in [3.63, 3.8) is 0 Å². The number of carbonyl (C=O) groups excluding carboxylic acids is 6. The van der Waals surface area contributed by atoms with Crippen molar-refractivity contribution >= 4 is 69.2 Å². The molecule has 6 amide bonds. The van der Waals surface area contributed by atoms with Gasteiger partial charge in [0.05, 0.1) is 74.8 Å². The Balaban J connectivity index is 0.000000235. The summed E-state index contributed by atoms with van der Waals surface area (Å²) in [5, 5.41) is 31.0. The van der Waals surface area contributed by atoms with Crippen LogP contribution in [0.4, 0.5) is 14.0 Å². The molecule has 9 rings (SSSR count). The number of piperazine rings is 1. The zero-order valence-electron chi connectivity index (χ0n) is 46.6. The van der Waals surface area contributed by atoms with E-state index in [0.717, 1.165) is 32.9 Å². The highest BCUT2D eigenvalue weighted by molar-refractivity contribution is 7.09. The second kappa shape index (κ2) is 28.8. The number of carbonyl (C=O) groups is 6. The molecule has 83 heavy (non-hydrogen) atoms. The van der Waals surface area contributed by atoms with Crippen molar-refractivity contribution < 1.29 is 43.0 Å². The number of benzene rings is 3. The van der Waals surface area contributed by atoms with Gasteiger partial charge in [0.15, 0.2) is 11.6 Å². The molecule has 8 aromatic rings.